The summed E-state index contributed by atoms with van der Waals surface area (Å²) >= 11 is 0. The number of aryl methyl sites for hydroxylation is 1. The average molecular weight is 450 g/mol. The van der Waals surface area contributed by atoms with E-state index in [1.54, 1.807) is 30.1 Å². The molecule has 4 aromatic rings. The first kappa shape index (κ1) is 22.0. The summed E-state index contributed by atoms with van der Waals surface area (Å²) in [6, 6.07) is 16.4. The molecule has 2 aromatic carbocycles. The molecule has 2 heterocycles. The van der Waals surface area contributed by atoms with E-state index in [1.807, 2.05) is 49.4 Å². The minimum absolute atomic E-state index is 0.0402. The van der Waals surface area contributed by atoms with Gasteiger partial charge in [0.25, 0.3) is 0 Å². The van der Waals surface area contributed by atoms with Crippen molar-refractivity contribution >= 4 is 20.7 Å². The molecular weight excluding hydrogens is 422 g/mol. The van der Waals surface area contributed by atoms with Gasteiger partial charge in [-0.25, -0.2) is 13.1 Å². The fraction of sp³-hybridized carbons (Fsp3) is 0.280. The van der Waals surface area contributed by atoms with Crippen LogP contribution in [0.4, 0.5) is 0 Å². The molecule has 32 heavy (non-hydrogen) atoms. The molecule has 6 nitrogen and oxygen atoms in total. The van der Waals surface area contributed by atoms with E-state index in [1.165, 1.54) is 0 Å². The Bertz CT molecular complexity index is 1380. The highest BCUT2D eigenvalue weighted by molar-refractivity contribution is 7.90. The van der Waals surface area contributed by atoms with E-state index >= 15 is 0 Å². The van der Waals surface area contributed by atoms with E-state index in [9.17, 15) is 8.42 Å². The van der Waals surface area contributed by atoms with Gasteiger partial charge in [-0.2, -0.15) is 5.10 Å². The van der Waals surface area contributed by atoms with Crippen LogP contribution in [-0.4, -0.2) is 30.3 Å². The lowest BCUT2D eigenvalue weighted by molar-refractivity contribution is 0.419. The SMILES string of the molecule is COc1ccc(-n2nc(C)cc2CS(=O)(=O)c2ccc(C(C)(C)C)cc2)c2cccnc12. The van der Waals surface area contributed by atoms with Crippen molar-refractivity contribution in [2.24, 2.45) is 0 Å². The number of hydrogen-bond donors (Lipinski definition) is 0. The fourth-order valence-corrected chi connectivity index (χ4v) is 5.10. The molecule has 0 fully saturated rings. The third-order valence-corrected chi connectivity index (χ3v) is 7.15. The molecule has 2 aromatic heterocycles. The van der Waals surface area contributed by atoms with Gasteiger partial charge < -0.3 is 4.74 Å². The molecule has 166 valence electrons. The molecule has 0 unspecified atom stereocenters. The van der Waals surface area contributed by atoms with Crippen molar-refractivity contribution < 1.29 is 13.2 Å². The van der Waals surface area contributed by atoms with Crippen molar-refractivity contribution in [3.05, 3.63) is 77.7 Å². The molecule has 4 rings (SSSR count). The maximum atomic E-state index is 13.2. The number of nitrogens with zero attached hydrogens (tertiary/aromatic N) is 3. The van der Waals surface area contributed by atoms with Gasteiger partial charge in [0.05, 0.1) is 34.8 Å². The summed E-state index contributed by atoms with van der Waals surface area (Å²) in [7, 11) is -1.96. The first-order valence-electron chi connectivity index (χ1n) is 10.4. The van der Waals surface area contributed by atoms with Crippen LogP contribution >= 0.6 is 0 Å². The highest BCUT2D eigenvalue weighted by Crippen LogP contribution is 2.30. The first-order valence-corrected chi connectivity index (χ1v) is 12.1. The molecule has 0 bridgehead atoms. The van der Waals surface area contributed by atoms with E-state index in [-0.39, 0.29) is 11.2 Å². The minimum Gasteiger partial charge on any atom is -0.494 e. The topological polar surface area (TPSA) is 74.1 Å². The highest BCUT2D eigenvalue weighted by Gasteiger charge is 2.22. The molecule has 0 aliphatic rings. The zero-order valence-electron chi connectivity index (χ0n) is 19.0. The first-order chi connectivity index (χ1) is 15.1. The number of aromatic nitrogens is 3. The molecule has 0 aliphatic heterocycles. The molecule has 0 radical (unpaired) electrons. The van der Waals surface area contributed by atoms with Gasteiger partial charge in [0.15, 0.2) is 9.84 Å². The van der Waals surface area contributed by atoms with Crippen molar-refractivity contribution in [3.63, 3.8) is 0 Å². The Hall–Kier alpha value is -3.19. The summed E-state index contributed by atoms with van der Waals surface area (Å²) < 4.78 is 33.6. The predicted molar refractivity (Wildman–Crippen MR) is 126 cm³/mol. The number of hydrogen-bond acceptors (Lipinski definition) is 5. The van der Waals surface area contributed by atoms with E-state index in [2.05, 4.69) is 30.9 Å². The number of rotatable bonds is 5. The van der Waals surface area contributed by atoms with Crippen LogP contribution in [-0.2, 0) is 21.0 Å². The summed E-state index contributed by atoms with van der Waals surface area (Å²) in [6.07, 6.45) is 1.70. The number of fused-ring (bicyclic) bond motifs is 1. The van der Waals surface area contributed by atoms with Crippen LogP contribution in [0.15, 0.2) is 65.7 Å². The molecule has 0 N–H and O–H groups in total. The lowest BCUT2D eigenvalue weighted by atomic mass is 9.87. The number of sulfone groups is 1. The summed E-state index contributed by atoms with van der Waals surface area (Å²) in [5.74, 6) is 0.498. The quantitative estimate of drug-likeness (QED) is 0.428. The van der Waals surface area contributed by atoms with Crippen LogP contribution in [0.1, 0.15) is 37.7 Å². The average Bonchev–Trinajstić information content (AvgIpc) is 3.11. The highest BCUT2D eigenvalue weighted by atomic mass is 32.2. The maximum absolute atomic E-state index is 13.2. The molecule has 0 aliphatic carbocycles. The van der Waals surface area contributed by atoms with Gasteiger partial charge in [-0.1, -0.05) is 32.9 Å². The number of benzene rings is 2. The van der Waals surface area contributed by atoms with Gasteiger partial charge in [0.2, 0.25) is 0 Å². The number of ether oxygens (including phenoxy) is 1. The van der Waals surface area contributed by atoms with Gasteiger partial charge in [0, 0.05) is 11.6 Å². The second-order valence-corrected chi connectivity index (χ2v) is 10.9. The zero-order valence-corrected chi connectivity index (χ0v) is 19.8. The van der Waals surface area contributed by atoms with Gasteiger partial charge in [0.1, 0.15) is 11.3 Å². The Kier molecular flexibility index (Phi) is 5.54. The summed E-state index contributed by atoms with van der Waals surface area (Å²) in [4.78, 5) is 4.74. The Morgan fingerprint density at radius 2 is 1.75 bits per heavy atom. The zero-order chi connectivity index (χ0) is 23.1. The van der Waals surface area contributed by atoms with Crippen LogP contribution in [0.2, 0.25) is 0 Å². The van der Waals surface area contributed by atoms with Crippen molar-refractivity contribution in [2.45, 2.75) is 43.8 Å². The van der Waals surface area contributed by atoms with Crippen LogP contribution in [0.3, 0.4) is 0 Å². The molecule has 0 saturated carbocycles. The number of pyridine rings is 1. The lowest BCUT2D eigenvalue weighted by Gasteiger charge is -2.19. The van der Waals surface area contributed by atoms with E-state index in [0.717, 1.165) is 22.3 Å². The largest absolute Gasteiger partial charge is 0.494 e. The van der Waals surface area contributed by atoms with Gasteiger partial charge in [-0.05, 0) is 60.4 Å². The van der Waals surface area contributed by atoms with Gasteiger partial charge in [-0.3, -0.25) is 4.98 Å². The monoisotopic (exact) mass is 449 g/mol. The third kappa shape index (κ3) is 4.12. The second-order valence-electron chi connectivity index (χ2n) is 8.91. The van der Waals surface area contributed by atoms with Gasteiger partial charge in [-0.15, -0.1) is 0 Å². The van der Waals surface area contributed by atoms with Crippen molar-refractivity contribution in [2.75, 3.05) is 7.11 Å². The Morgan fingerprint density at radius 1 is 1.03 bits per heavy atom. The van der Waals surface area contributed by atoms with E-state index < -0.39 is 9.84 Å². The molecule has 0 atom stereocenters. The molecule has 0 spiro atoms. The molecule has 0 amide bonds. The summed E-state index contributed by atoms with van der Waals surface area (Å²) in [5.41, 5.74) is 3.85. The van der Waals surface area contributed by atoms with E-state index in [0.29, 0.717) is 21.9 Å². The van der Waals surface area contributed by atoms with E-state index in [4.69, 9.17) is 4.74 Å². The van der Waals surface area contributed by atoms with Crippen LogP contribution in [0.5, 0.6) is 5.75 Å². The van der Waals surface area contributed by atoms with Crippen molar-refractivity contribution in [3.8, 4) is 11.4 Å². The van der Waals surface area contributed by atoms with Crippen molar-refractivity contribution in [1.82, 2.24) is 14.8 Å². The van der Waals surface area contributed by atoms with Gasteiger partial charge >= 0.3 is 0 Å². The minimum atomic E-state index is -3.56. The lowest BCUT2D eigenvalue weighted by Crippen LogP contribution is -2.13. The van der Waals surface area contributed by atoms with Crippen LogP contribution in [0.25, 0.3) is 16.6 Å². The normalized spacial score (nSPS) is 12.3. The smallest absolute Gasteiger partial charge is 0.184 e. The summed E-state index contributed by atoms with van der Waals surface area (Å²) in [5, 5.41) is 5.43. The second kappa shape index (κ2) is 8.06. The predicted octanol–water partition coefficient (Wildman–Crippen LogP) is 5.01. The molecular formula is C25H27N3O3S. The van der Waals surface area contributed by atoms with Crippen LogP contribution in [0, 0.1) is 6.92 Å². The number of methoxy groups -OCH3 is 1. The Morgan fingerprint density at radius 3 is 2.41 bits per heavy atom. The Labute approximate surface area is 188 Å². The molecule has 0 saturated heterocycles. The summed E-state index contributed by atoms with van der Waals surface area (Å²) in [6.45, 7) is 8.17. The van der Waals surface area contributed by atoms with Crippen molar-refractivity contribution in [1.29, 1.82) is 0 Å². The van der Waals surface area contributed by atoms with Crippen LogP contribution < -0.4 is 4.74 Å². The third-order valence-electron chi connectivity index (χ3n) is 5.48. The standard InChI is InChI=1S/C25H27N3O3S/c1-17-15-19(16-32(29,30)20-10-8-18(9-11-20)25(2,3)4)28(27-17)22-12-13-23(31-5)24-21(22)7-6-14-26-24/h6-15H,16H2,1-5H3. The maximum Gasteiger partial charge on any atom is 0.184 e. The molecule has 7 heteroatoms. The fourth-order valence-electron chi connectivity index (χ4n) is 3.79. The Balaban J connectivity index is 1.76.